The Morgan fingerprint density at radius 1 is 1.19 bits per heavy atom. The van der Waals surface area contributed by atoms with Gasteiger partial charge in [-0.15, -0.1) is 0 Å². The highest BCUT2D eigenvalue weighted by Gasteiger charge is 2.07. The monoisotopic (exact) mass is 313 g/mol. The van der Waals surface area contributed by atoms with E-state index in [1.807, 2.05) is 0 Å². The second-order valence-electron chi connectivity index (χ2n) is 4.98. The molecule has 1 aromatic rings. The first-order valence-electron chi connectivity index (χ1n) is 7.54. The first kappa shape index (κ1) is 17.7. The molecule has 0 aliphatic rings. The number of carbonyl (C=O) groups is 1. The molecule has 0 aliphatic carbocycles. The maximum Gasteiger partial charge on any atom is 0.234 e. The Bertz CT molecular complexity index is 441. The van der Waals surface area contributed by atoms with E-state index in [1.54, 1.807) is 0 Å². The molecule has 0 aromatic carbocycles. The van der Waals surface area contributed by atoms with Crippen LogP contribution in [-0.2, 0) is 4.79 Å². The summed E-state index contributed by atoms with van der Waals surface area (Å²) in [5, 5.41) is 2.89. The van der Waals surface area contributed by atoms with Crippen LogP contribution >= 0.6 is 11.6 Å². The van der Waals surface area contributed by atoms with Gasteiger partial charge in [0, 0.05) is 12.5 Å². The Labute approximate surface area is 131 Å². The van der Waals surface area contributed by atoms with Gasteiger partial charge in [0.2, 0.25) is 17.7 Å². The van der Waals surface area contributed by atoms with Gasteiger partial charge >= 0.3 is 0 Å². The quantitative estimate of drug-likeness (QED) is 0.519. The number of ether oxygens (including phenoxy) is 1. The number of amides is 1. The molecule has 0 spiro atoms. The minimum atomic E-state index is -0.0899. The van der Waals surface area contributed by atoms with Crippen LogP contribution in [0.15, 0.2) is 6.07 Å². The summed E-state index contributed by atoms with van der Waals surface area (Å²) in [4.78, 5) is 19.7. The predicted octanol–water partition coefficient (Wildman–Crippen LogP) is 4.22. The van der Waals surface area contributed by atoms with Gasteiger partial charge in [-0.25, -0.2) is 4.98 Å². The number of nitrogens with one attached hydrogen (secondary N) is 1. The van der Waals surface area contributed by atoms with Gasteiger partial charge in [-0.1, -0.05) is 57.0 Å². The number of carbonyl (C=O) groups excluding carboxylic acids is 1. The number of unbranched alkanes of at least 4 members (excludes halogenated alkanes) is 6. The number of hydrogen-bond acceptors (Lipinski definition) is 4. The van der Waals surface area contributed by atoms with E-state index in [2.05, 4.69) is 22.2 Å². The average Bonchev–Trinajstić information content (AvgIpc) is 2.45. The SMILES string of the molecule is CCCCCCCCCC(=O)Nc1nc(Cl)cc(OC)n1. The van der Waals surface area contributed by atoms with Crippen LogP contribution in [0.5, 0.6) is 5.88 Å². The molecular weight excluding hydrogens is 290 g/mol. The van der Waals surface area contributed by atoms with Crippen LogP contribution in [-0.4, -0.2) is 23.0 Å². The van der Waals surface area contributed by atoms with Crippen LogP contribution in [0.1, 0.15) is 58.3 Å². The Kier molecular flexibility index (Phi) is 8.74. The average molecular weight is 314 g/mol. The molecule has 0 bridgehead atoms. The molecule has 118 valence electrons. The van der Waals surface area contributed by atoms with Gasteiger partial charge in [-0.05, 0) is 6.42 Å². The first-order chi connectivity index (χ1) is 10.2. The van der Waals surface area contributed by atoms with Crippen molar-refractivity contribution in [2.24, 2.45) is 0 Å². The minimum Gasteiger partial charge on any atom is -0.481 e. The Morgan fingerprint density at radius 3 is 2.52 bits per heavy atom. The smallest absolute Gasteiger partial charge is 0.234 e. The van der Waals surface area contributed by atoms with Gasteiger partial charge < -0.3 is 4.74 Å². The normalized spacial score (nSPS) is 10.4. The van der Waals surface area contributed by atoms with E-state index in [1.165, 1.54) is 45.3 Å². The van der Waals surface area contributed by atoms with Gasteiger partial charge in [-0.3, -0.25) is 10.1 Å². The third-order valence-corrected chi connectivity index (χ3v) is 3.33. The molecule has 1 amide bonds. The molecule has 0 unspecified atom stereocenters. The third-order valence-electron chi connectivity index (χ3n) is 3.14. The lowest BCUT2D eigenvalue weighted by Gasteiger charge is -2.06. The van der Waals surface area contributed by atoms with E-state index in [4.69, 9.17) is 16.3 Å². The Morgan fingerprint density at radius 2 is 1.86 bits per heavy atom. The summed E-state index contributed by atoms with van der Waals surface area (Å²) >= 11 is 5.82. The lowest BCUT2D eigenvalue weighted by atomic mass is 10.1. The standard InChI is InChI=1S/C15H24ClN3O2/c1-3-4-5-6-7-8-9-10-13(20)18-15-17-12(16)11-14(19-15)21-2/h11H,3-10H2,1-2H3,(H,17,18,19,20). The zero-order chi connectivity index (χ0) is 15.5. The lowest BCUT2D eigenvalue weighted by molar-refractivity contribution is -0.116. The summed E-state index contributed by atoms with van der Waals surface area (Å²) < 4.78 is 4.98. The molecule has 1 rings (SSSR count). The second kappa shape index (κ2) is 10.4. The number of hydrogen-bond donors (Lipinski definition) is 1. The van der Waals surface area contributed by atoms with Crippen LogP contribution in [0.3, 0.4) is 0 Å². The molecule has 1 aromatic heterocycles. The lowest BCUT2D eigenvalue weighted by Crippen LogP contribution is -2.13. The van der Waals surface area contributed by atoms with Gasteiger partial charge in [0.15, 0.2) is 0 Å². The molecule has 0 saturated carbocycles. The molecule has 5 nitrogen and oxygen atoms in total. The number of aromatic nitrogens is 2. The molecule has 1 heterocycles. The minimum absolute atomic E-state index is 0.0899. The first-order valence-corrected chi connectivity index (χ1v) is 7.92. The van der Waals surface area contributed by atoms with Gasteiger partial charge in [-0.2, -0.15) is 4.98 Å². The van der Waals surface area contributed by atoms with Crippen LogP contribution in [0.2, 0.25) is 5.15 Å². The summed E-state index contributed by atoms with van der Waals surface area (Å²) in [5.41, 5.74) is 0. The van der Waals surface area contributed by atoms with Crippen LogP contribution in [0, 0.1) is 0 Å². The van der Waals surface area contributed by atoms with E-state index in [0.717, 1.165) is 12.8 Å². The van der Waals surface area contributed by atoms with Gasteiger partial charge in [0.05, 0.1) is 7.11 Å². The van der Waals surface area contributed by atoms with Crippen LogP contribution in [0.25, 0.3) is 0 Å². The zero-order valence-electron chi connectivity index (χ0n) is 12.8. The van der Waals surface area contributed by atoms with Crippen molar-refractivity contribution in [3.05, 3.63) is 11.2 Å². The summed E-state index contributed by atoms with van der Waals surface area (Å²) in [6, 6.07) is 1.49. The summed E-state index contributed by atoms with van der Waals surface area (Å²) in [5.74, 6) is 0.432. The van der Waals surface area contributed by atoms with E-state index >= 15 is 0 Å². The van der Waals surface area contributed by atoms with Gasteiger partial charge in [0.1, 0.15) is 5.15 Å². The molecule has 0 saturated heterocycles. The molecule has 1 N–H and O–H groups in total. The fourth-order valence-electron chi connectivity index (χ4n) is 1.99. The van der Waals surface area contributed by atoms with Crippen molar-refractivity contribution in [3.63, 3.8) is 0 Å². The maximum absolute atomic E-state index is 11.8. The van der Waals surface area contributed by atoms with Crippen molar-refractivity contribution in [2.45, 2.75) is 58.3 Å². The van der Waals surface area contributed by atoms with Crippen molar-refractivity contribution < 1.29 is 9.53 Å². The van der Waals surface area contributed by atoms with Crippen molar-refractivity contribution in [1.29, 1.82) is 0 Å². The van der Waals surface area contributed by atoms with Crippen LogP contribution in [0.4, 0.5) is 5.95 Å². The molecule has 6 heteroatoms. The number of halogens is 1. The summed E-state index contributed by atoms with van der Waals surface area (Å²) in [7, 11) is 1.49. The van der Waals surface area contributed by atoms with Crippen molar-refractivity contribution in [3.8, 4) is 5.88 Å². The van der Waals surface area contributed by atoms with Crippen LogP contribution < -0.4 is 10.1 Å². The second-order valence-corrected chi connectivity index (χ2v) is 5.36. The molecule has 0 atom stereocenters. The highest BCUT2D eigenvalue weighted by atomic mass is 35.5. The molecule has 0 fully saturated rings. The Hall–Kier alpha value is -1.36. The summed E-state index contributed by atoms with van der Waals surface area (Å²) in [6.45, 7) is 2.21. The molecular formula is C15H24ClN3O2. The molecule has 21 heavy (non-hydrogen) atoms. The highest BCUT2D eigenvalue weighted by molar-refractivity contribution is 6.29. The highest BCUT2D eigenvalue weighted by Crippen LogP contribution is 2.16. The summed E-state index contributed by atoms with van der Waals surface area (Å²) in [6.07, 6.45) is 8.73. The van der Waals surface area contributed by atoms with Gasteiger partial charge in [0.25, 0.3) is 0 Å². The van der Waals surface area contributed by atoms with Crippen molar-refractivity contribution >= 4 is 23.5 Å². The maximum atomic E-state index is 11.8. The molecule has 0 radical (unpaired) electrons. The zero-order valence-corrected chi connectivity index (χ0v) is 13.6. The van der Waals surface area contributed by atoms with Crippen molar-refractivity contribution in [1.82, 2.24) is 9.97 Å². The fourth-order valence-corrected chi connectivity index (χ4v) is 2.16. The molecule has 0 aliphatic heterocycles. The number of anilines is 1. The van der Waals surface area contributed by atoms with E-state index < -0.39 is 0 Å². The third kappa shape index (κ3) is 7.85. The van der Waals surface area contributed by atoms with E-state index in [-0.39, 0.29) is 17.0 Å². The number of rotatable bonds is 10. The predicted molar refractivity (Wildman–Crippen MR) is 84.8 cm³/mol. The topological polar surface area (TPSA) is 64.1 Å². The number of nitrogens with zero attached hydrogens (tertiary/aromatic N) is 2. The van der Waals surface area contributed by atoms with Crippen molar-refractivity contribution in [2.75, 3.05) is 12.4 Å². The van der Waals surface area contributed by atoms with E-state index in [9.17, 15) is 4.79 Å². The Balaban J connectivity index is 2.23. The fraction of sp³-hybridized carbons (Fsp3) is 0.667. The number of methoxy groups -OCH3 is 1. The largest absolute Gasteiger partial charge is 0.481 e. The van der Waals surface area contributed by atoms with E-state index in [0.29, 0.717) is 12.3 Å².